The highest BCUT2D eigenvalue weighted by molar-refractivity contribution is 6.42. The van der Waals surface area contributed by atoms with Gasteiger partial charge in [-0.3, -0.25) is 9.59 Å². The van der Waals surface area contributed by atoms with Gasteiger partial charge in [-0.2, -0.15) is 0 Å². The summed E-state index contributed by atoms with van der Waals surface area (Å²) in [5.74, 6) is -0.436. The van der Waals surface area contributed by atoms with Gasteiger partial charge in [-0.05, 0) is 62.9 Å². The van der Waals surface area contributed by atoms with Gasteiger partial charge in [-0.1, -0.05) is 23.2 Å². The van der Waals surface area contributed by atoms with Gasteiger partial charge in [0.2, 0.25) is 0 Å². The number of carbonyl (C=O) groups excluding carboxylic acids is 2. The maximum absolute atomic E-state index is 12.5. The molecule has 1 heterocycles. The van der Waals surface area contributed by atoms with Gasteiger partial charge in [0.25, 0.3) is 11.5 Å². The van der Waals surface area contributed by atoms with Gasteiger partial charge >= 0.3 is 6.03 Å². The predicted octanol–water partition coefficient (Wildman–Crippen LogP) is 4.02. The van der Waals surface area contributed by atoms with Crippen molar-refractivity contribution >= 4 is 40.8 Å². The van der Waals surface area contributed by atoms with E-state index in [2.05, 4.69) is 20.9 Å². The summed E-state index contributed by atoms with van der Waals surface area (Å²) in [5, 5.41) is 9.08. The van der Waals surface area contributed by atoms with E-state index in [1.165, 1.54) is 0 Å². The van der Waals surface area contributed by atoms with E-state index in [9.17, 15) is 14.4 Å². The molecule has 0 bridgehead atoms. The molecule has 1 atom stereocenters. The Morgan fingerprint density at radius 3 is 2.62 bits per heavy atom. The average Bonchev–Trinajstić information content (AvgIpc) is 2.63. The summed E-state index contributed by atoms with van der Waals surface area (Å²) in [7, 11) is 0. The van der Waals surface area contributed by atoms with E-state index in [0.717, 1.165) is 17.7 Å². The normalized spacial score (nSPS) is 15.6. The maximum atomic E-state index is 12.5. The van der Waals surface area contributed by atoms with Gasteiger partial charge in [0.1, 0.15) is 5.56 Å². The molecule has 1 unspecified atom stereocenters. The standard InChI is InChI=1S/C20H22Cl2N4O3/c1-10(2)23-18(27)13-9-12-16(25-19(13)28)4-3-5-17(12)26-20(29)24-11-6-7-14(21)15(22)8-11/h6-10,17H,3-5H2,1-2H3,(H,23,27)(H,25,28)(H2,24,26,29). The zero-order valence-corrected chi connectivity index (χ0v) is 17.6. The fourth-order valence-electron chi connectivity index (χ4n) is 3.30. The summed E-state index contributed by atoms with van der Waals surface area (Å²) in [6, 6.07) is 5.54. The second kappa shape index (κ2) is 8.88. The van der Waals surface area contributed by atoms with E-state index < -0.39 is 17.5 Å². The summed E-state index contributed by atoms with van der Waals surface area (Å²) in [6.45, 7) is 3.64. The van der Waals surface area contributed by atoms with Crippen LogP contribution in [0.2, 0.25) is 10.0 Å². The number of rotatable bonds is 4. The summed E-state index contributed by atoms with van der Waals surface area (Å²) >= 11 is 11.9. The fraction of sp³-hybridized carbons (Fsp3) is 0.350. The number of aryl methyl sites for hydroxylation is 1. The molecule has 1 aromatic heterocycles. The lowest BCUT2D eigenvalue weighted by molar-refractivity contribution is 0.0941. The lowest BCUT2D eigenvalue weighted by Crippen LogP contribution is -2.38. The number of hydrogen-bond donors (Lipinski definition) is 4. The quantitative estimate of drug-likeness (QED) is 0.581. The van der Waals surface area contributed by atoms with Crippen molar-refractivity contribution in [3.63, 3.8) is 0 Å². The van der Waals surface area contributed by atoms with Crippen LogP contribution in [0.15, 0.2) is 29.1 Å². The molecular weight excluding hydrogens is 415 g/mol. The second-order valence-electron chi connectivity index (χ2n) is 7.25. The van der Waals surface area contributed by atoms with Crippen molar-refractivity contribution in [3.8, 4) is 0 Å². The number of fused-ring (bicyclic) bond motifs is 1. The van der Waals surface area contributed by atoms with Crippen molar-refractivity contribution in [3.05, 3.63) is 61.5 Å². The first-order valence-electron chi connectivity index (χ1n) is 9.34. The van der Waals surface area contributed by atoms with Crippen LogP contribution in [-0.4, -0.2) is 23.0 Å². The third kappa shape index (κ3) is 5.10. The molecular formula is C20H22Cl2N4O3. The van der Waals surface area contributed by atoms with Crippen molar-refractivity contribution in [1.29, 1.82) is 0 Å². The van der Waals surface area contributed by atoms with Crippen molar-refractivity contribution < 1.29 is 9.59 Å². The smallest absolute Gasteiger partial charge is 0.319 e. The number of carbonyl (C=O) groups is 2. The monoisotopic (exact) mass is 436 g/mol. The Morgan fingerprint density at radius 1 is 1.17 bits per heavy atom. The van der Waals surface area contributed by atoms with E-state index in [1.54, 1.807) is 24.3 Å². The summed E-state index contributed by atoms with van der Waals surface area (Å²) in [4.78, 5) is 39.9. The highest BCUT2D eigenvalue weighted by Gasteiger charge is 2.25. The molecule has 0 radical (unpaired) electrons. The first-order chi connectivity index (χ1) is 13.7. The minimum Gasteiger partial charge on any atom is -0.350 e. The Balaban J connectivity index is 1.80. The Hall–Kier alpha value is -2.51. The Kier molecular flexibility index (Phi) is 6.49. The molecule has 0 aliphatic heterocycles. The van der Waals surface area contributed by atoms with Crippen molar-refractivity contribution in [1.82, 2.24) is 15.6 Å². The third-order valence-corrected chi connectivity index (χ3v) is 5.34. The number of benzene rings is 1. The molecule has 0 fully saturated rings. The molecule has 1 aliphatic carbocycles. The molecule has 4 N–H and O–H groups in total. The number of halogens is 2. The topological polar surface area (TPSA) is 103 Å². The van der Waals surface area contributed by atoms with E-state index in [1.807, 2.05) is 13.8 Å². The molecule has 154 valence electrons. The Bertz CT molecular complexity index is 1000. The predicted molar refractivity (Wildman–Crippen MR) is 114 cm³/mol. The molecule has 9 heteroatoms. The molecule has 7 nitrogen and oxygen atoms in total. The van der Waals surface area contributed by atoms with Gasteiger partial charge in [-0.25, -0.2) is 4.79 Å². The van der Waals surface area contributed by atoms with Crippen molar-refractivity contribution in [2.75, 3.05) is 5.32 Å². The second-order valence-corrected chi connectivity index (χ2v) is 8.06. The summed E-state index contributed by atoms with van der Waals surface area (Å²) in [5.41, 5.74) is 1.60. The molecule has 0 spiro atoms. The fourth-order valence-corrected chi connectivity index (χ4v) is 3.60. The summed E-state index contributed by atoms with van der Waals surface area (Å²) < 4.78 is 0. The molecule has 1 aromatic carbocycles. The highest BCUT2D eigenvalue weighted by atomic mass is 35.5. The van der Waals surface area contributed by atoms with E-state index in [-0.39, 0.29) is 17.6 Å². The number of amides is 3. The molecule has 0 saturated heterocycles. The maximum Gasteiger partial charge on any atom is 0.319 e. The number of pyridine rings is 1. The first-order valence-corrected chi connectivity index (χ1v) is 10.1. The lowest BCUT2D eigenvalue weighted by Gasteiger charge is -2.26. The number of H-pyrrole nitrogens is 1. The molecule has 0 saturated carbocycles. The minimum absolute atomic E-state index is 0.0380. The number of aromatic nitrogens is 1. The third-order valence-electron chi connectivity index (χ3n) is 4.60. The van der Waals surface area contributed by atoms with Crippen LogP contribution in [-0.2, 0) is 6.42 Å². The van der Waals surface area contributed by atoms with Crippen LogP contribution in [0.1, 0.15) is 54.3 Å². The zero-order chi connectivity index (χ0) is 21.1. The van der Waals surface area contributed by atoms with Gasteiger partial charge in [0, 0.05) is 17.4 Å². The number of aromatic amines is 1. The van der Waals surface area contributed by atoms with Crippen LogP contribution in [0, 0.1) is 0 Å². The Labute approximate surface area is 178 Å². The molecule has 3 amide bonds. The van der Waals surface area contributed by atoms with Gasteiger partial charge < -0.3 is 20.9 Å². The van der Waals surface area contributed by atoms with Crippen LogP contribution in [0.25, 0.3) is 0 Å². The van der Waals surface area contributed by atoms with Crippen molar-refractivity contribution in [2.45, 2.75) is 45.2 Å². The average molecular weight is 437 g/mol. The van der Waals surface area contributed by atoms with E-state index in [4.69, 9.17) is 23.2 Å². The highest BCUT2D eigenvalue weighted by Crippen LogP contribution is 2.29. The molecule has 29 heavy (non-hydrogen) atoms. The zero-order valence-electron chi connectivity index (χ0n) is 16.1. The number of hydrogen-bond acceptors (Lipinski definition) is 3. The molecule has 1 aliphatic rings. The van der Waals surface area contributed by atoms with E-state index >= 15 is 0 Å². The van der Waals surface area contributed by atoms with Gasteiger partial charge in [0.05, 0.1) is 16.1 Å². The van der Waals surface area contributed by atoms with Gasteiger partial charge in [-0.15, -0.1) is 0 Å². The van der Waals surface area contributed by atoms with Crippen LogP contribution < -0.4 is 21.5 Å². The van der Waals surface area contributed by atoms with Gasteiger partial charge in [0.15, 0.2) is 0 Å². The van der Waals surface area contributed by atoms with Crippen LogP contribution in [0.3, 0.4) is 0 Å². The first kappa shape index (κ1) is 21.2. The number of urea groups is 1. The largest absolute Gasteiger partial charge is 0.350 e. The van der Waals surface area contributed by atoms with Crippen LogP contribution in [0.5, 0.6) is 0 Å². The Morgan fingerprint density at radius 2 is 1.93 bits per heavy atom. The van der Waals surface area contributed by atoms with E-state index in [0.29, 0.717) is 28.6 Å². The SMILES string of the molecule is CC(C)NC(=O)c1cc2c([nH]c1=O)CCCC2NC(=O)Nc1ccc(Cl)c(Cl)c1. The summed E-state index contributed by atoms with van der Waals surface area (Å²) in [6.07, 6.45) is 2.18. The number of anilines is 1. The molecule has 3 rings (SSSR count). The lowest BCUT2D eigenvalue weighted by atomic mass is 9.90. The van der Waals surface area contributed by atoms with Crippen molar-refractivity contribution in [2.24, 2.45) is 0 Å². The minimum atomic E-state index is -0.436. The van der Waals surface area contributed by atoms with Crippen LogP contribution >= 0.6 is 23.2 Å². The van der Waals surface area contributed by atoms with Crippen LogP contribution in [0.4, 0.5) is 10.5 Å². The molecule has 2 aromatic rings. The number of nitrogens with one attached hydrogen (secondary N) is 4.